The number of hydrogen-bond donors (Lipinski definition) is 3. The number of benzene rings is 1. The van der Waals surface area contributed by atoms with Gasteiger partial charge >= 0.3 is 0 Å². The molecule has 0 fully saturated rings. The minimum Gasteiger partial charge on any atom is -0.350 e. The fourth-order valence-electron chi connectivity index (χ4n) is 3.63. The standard InChI is InChI=1S/C27H32N4O3/c1-18(2)9-5-6-10-21(16-29-34)20-11-7-12-22(15-20)31-17-24(27(33)30-19(3)4)25(32)23-13-8-14-28-26(23)31/h6-8,10-19,29,34H,5,9H2,1-4H3,(H,30,33)/b10-6-,21-16+. The van der Waals surface area contributed by atoms with Gasteiger partial charge in [-0.1, -0.05) is 38.1 Å². The van der Waals surface area contributed by atoms with Crippen LogP contribution in [0.25, 0.3) is 22.3 Å². The van der Waals surface area contributed by atoms with Gasteiger partial charge in [0.1, 0.15) is 11.2 Å². The monoisotopic (exact) mass is 460 g/mol. The van der Waals surface area contributed by atoms with Crippen molar-refractivity contribution in [1.29, 1.82) is 0 Å². The van der Waals surface area contributed by atoms with Crippen molar-refractivity contribution in [2.45, 2.75) is 46.6 Å². The summed E-state index contributed by atoms with van der Waals surface area (Å²) in [5, 5.41) is 12.5. The molecule has 34 heavy (non-hydrogen) atoms. The predicted molar refractivity (Wildman–Crippen MR) is 136 cm³/mol. The van der Waals surface area contributed by atoms with Gasteiger partial charge in [-0.25, -0.2) is 4.98 Å². The molecule has 7 heteroatoms. The molecule has 3 N–H and O–H groups in total. The summed E-state index contributed by atoms with van der Waals surface area (Å²) in [6.45, 7) is 8.06. The molecule has 7 nitrogen and oxygen atoms in total. The van der Waals surface area contributed by atoms with Gasteiger partial charge in [0.05, 0.1) is 5.39 Å². The van der Waals surface area contributed by atoms with Crippen molar-refractivity contribution in [1.82, 2.24) is 20.3 Å². The first-order chi connectivity index (χ1) is 16.3. The maximum absolute atomic E-state index is 13.0. The predicted octanol–water partition coefficient (Wildman–Crippen LogP) is 4.84. The lowest BCUT2D eigenvalue weighted by molar-refractivity contribution is 0.0941. The van der Waals surface area contributed by atoms with Crippen molar-refractivity contribution >= 4 is 22.5 Å². The molecule has 0 saturated heterocycles. The number of carbonyl (C=O) groups is 1. The molecule has 0 atom stereocenters. The molecule has 1 aromatic carbocycles. The van der Waals surface area contributed by atoms with Crippen LogP contribution in [0.1, 0.15) is 56.5 Å². The van der Waals surface area contributed by atoms with Crippen LogP contribution < -0.4 is 16.2 Å². The average Bonchev–Trinajstić information content (AvgIpc) is 2.81. The number of hydroxylamine groups is 1. The Hall–Kier alpha value is -3.71. The van der Waals surface area contributed by atoms with Gasteiger partial charge in [0.2, 0.25) is 5.43 Å². The molecule has 1 amide bonds. The number of nitrogens with zero attached hydrogens (tertiary/aromatic N) is 2. The van der Waals surface area contributed by atoms with Gasteiger partial charge in [0.15, 0.2) is 0 Å². The van der Waals surface area contributed by atoms with E-state index in [-0.39, 0.29) is 17.0 Å². The summed E-state index contributed by atoms with van der Waals surface area (Å²) in [7, 11) is 0. The van der Waals surface area contributed by atoms with Gasteiger partial charge in [-0.05, 0) is 68.0 Å². The molecule has 0 aliphatic rings. The third kappa shape index (κ3) is 5.99. The molecular weight excluding hydrogens is 428 g/mol. The van der Waals surface area contributed by atoms with Crippen LogP contribution in [-0.2, 0) is 0 Å². The SMILES string of the molecule is CC(C)CC/C=C\C(=C/NO)c1cccc(-n2cc(C(=O)NC(C)C)c(=O)c3cccnc32)c1. The number of nitrogens with one attached hydrogen (secondary N) is 2. The van der Waals surface area contributed by atoms with Gasteiger partial charge < -0.3 is 9.88 Å². The van der Waals surface area contributed by atoms with Gasteiger partial charge in [0, 0.05) is 30.3 Å². The van der Waals surface area contributed by atoms with Gasteiger partial charge in [-0.15, -0.1) is 0 Å². The number of carbonyl (C=O) groups excluding carboxylic acids is 1. The summed E-state index contributed by atoms with van der Waals surface area (Å²) >= 11 is 0. The second-order valence-corrected chi connectivity index (χ2v) is 8.90. The van der Waals surface area contributed by atoms with Crippen LogP contribution in [0.3, 0.4) is 0 Å². The molecule has 0 saturated carbocycles. The molecule has 178 valence electrons. The Balaban J connectivity index is 2.10. The lowest BCUT2D eigenvalue weighted by Gasteiger charge is -2.15. The van der Waals surface area contributed by atoms with E-state index in [0.717, 1.165) is 29.7 Å². The number of aromatic nitrogens is 2. The number of pyridine rings is 2. The van der Waals surface area contributed by atoms with E-state index in [9.17, 15) is 14.8 Å². The van der Waals surface area contributed by atoms with E-state index in [0.29, 0.717) is 17.0 Å². The largest absolute Gasteiger partial charge is 0.350 e. The van der Waals surface area contributed by atoms with E-state index in [2.05, 4.69) is 35.7 Å². The highest BCUT2D eigenvalue weighted by Gasteiger charge is 2.17. The smallest absolute Gasteiger partial charge is 0.256 e. The van der Waals surface area contributed by atoms with Crippen molar-refractivity contribution in [3.8, 4) is 5.69 Å². The maximum atomic E-state index is 13.0. The Bertz CT molecular complexity index is 1270. The fourth-order valence-corrected chi connectivity index (χ4v) is 3.63. The summed E-state index contributed by atoms with van der Waals surface area (Å²) in [5.41, 5.74) is 4.68. The van der Waals surface area contributed by atoms with Crippen molar-refractivity contribution in [2.24, 2.45) is 5.92 Å². The highest BCUT2D eigenvalue weighted by Crippen LogP contribution is 2.22. The summed E-state index contributed by atoms with van der Waals surface area (Å²) in [6, 6.07) is 10.9. The van der Waals surface area contributed by atoms with Gasteiger partial charge in [-0.3, -0.25) is 20.3 Å². The van der Waals surface area contributed by atoms with E-state index in [4.69, 9.17) is 0 Å². The molecule has 2 aromatic heterocycles. The normalized spacial score (nSPS) is 12.1. The molecule has 0 unspecified atom stereocenters. The molecule has 3 rings (SSSR count). The van der Waals surface area contributed by atoms with Crippen molar-refractivity contribution in [2.75, 3.05) is 0 Å². The fraction of sp³-hybridized carbons (Fsp3) is 0.296. The molecule has 0 bridgehead atoms. The molecule has 0 aliphatic heterocycles. The lowest BCUT2D eigenvalue weighted by Crippen LogP contribution is -2.34. The highest BCUT2D eigenvalue weighted by molar-refractivity contribution is 5.97. The topological polar surface area (TPSA) is 96.2 Å². The Kier molecular flexibility index (Phi) is 8.38. The number of rotatable bonds is 9. The van der Waals surface area contributed by atoms with E-state index in [1.807, 2.05) is 44.2 Å². The minimum atomic E-state index is -0.422. The number of allylic oxidation sites excluding steroid dienone is 3. The Morgan fingerprint density at radius 2 is 1.97 bits per heavy atom. The number of fused-ring (bicyclic) bond motifs is 1. The summed E-state index contributed by atoms with van der Waals surface area (Å²) in [4.78, 5) is 30.2. The highest BCUT2D eigenvalue weighted by atomic mass is 16.5. The van der Waals surface area contributed by atoms with Crippen molar-refractivity contribution in [3.05, 3.63) is 88.5 Å². The molecule has 3 aromatic rings. The van der Waals surface area contributed by atoms with Crippen LogP contribution in [0.4, 0.5) is 0 Å². The summed E-state index contributed by atoms with van der Waals surface area (Å²) < 4.78 is 1.75. The minimum absolute atomic E-state index is 0.0565. The Morgan fingerprint density at radius 3 is 2.68 bits per heavy atom. The molecular formula is C27H32N4O3. The first-order valence-corrected chi connectivity index (χ1v) is 11.5. The van der Waals surface area contributed by atoms with Gasteiger partial charge in [-0.2, -0.15) is 0 Å². The first-order valence-electron chi connectivity index (χ1n) is 11.5. The Morgan fingerprint density at radius 1 is 1.18 bits per heavy atom. The zero-order valence-electron chi connectivity index (χ0n) is 20.1. The molecule has 0 aliphatic carbocycles. The molecule has 0 radical (unpaired) electrons. The van der Waals surface area contributed by atoms with Crippen molar-refractivity contribution < 1.29 is 10.0 Å². The molecule has 2 heterocycles. The number of hydrogen-bond acceptors (Lipinski definition) is 5. The van der Waals surface area contributed by atoms with Crippen LogP contribution in [0.5, 0.6) is 0 Å². The second kappa shape index (κ2) is 11.4. The second-order valence-electron chi connectivity index (χ2n) is 8.90. The van der Waals surface area contributed by atoms with Crippen LogP contribution in [0.15, 0.2) is 71.9 Å². The first kappa shape index (κ1) is 24.9. The Labute approximate surface area is 199 Å². The quantitative estimate of drug-likeness (QED) is 0.314. The number of amides is 1. The van der Waals surface area contributed by atoms with Gasteiger partial charge in [0.25, 0.3) is 5.91 Å². The van der Waals surface area contributed by atoms with E-state index >= 15 is 0 Å². The maximum Gasteiger partial charge on any atom is 0.256 e. The van der Waals surface area contributed by atoms with E-state index in [1.54, 1.807) is 29.1 Å². The van der Waals surface area contributed by atoms with Crippen LogP contribution in [-0.4, -0.2) is 26.7 Å². The zero-order chi connectivity index (χ0) is 24.7. The third-order valence-corrected chi connectivity index (χ3v) is 5.31. The van der Waals surface area contributed by atoms with Crippen LogP contribution in [0.2, 0.25) is 0 Å². The van der Waals surface area contributed by atoms with Crippen LogP contribution in [0, 0.1) is 5.92 Å². The van der Waals surface area contributed by atoms with Crippen LogP contribution >= 0.6 is 0 Å². The summed E-state index contributed by atoms with van der Waals surface area (Å²) in [6.07, 6.45) is 10.7. The zero-order valence-corrected chi connectivity index (χ0v) is 20.1. The van der Waals surface area contributed by atoms with E-state index < -0.39 is 5.91 Å². The third-order valence-electron chi connectivity index (χ3n) is 5.31. The summed E-state index contributed by atoms with van der Waals surface area (Å²) in [5.74, 6) is 0.188. The lowest BCUT2D eigenvalue weighted by atomic mass is 10.0. The molecule has 0 spiro atoms. The van der Waals surface area contributed by atoms with E-state index in [1.165, 1.54) is 6.20 Å². The average molecular weight is 461 g/mol. The van der Waals surface area contributed by atoms with Crippen molar-refractivity contribution in [3.63, 3.8) is 0 Å².